The van der Waals surface area contributed by atoms with Crippen LogP contribution in [0, 0.1) is 6.92 Å². The summed E-state index contributed by atoms with van der Waals surface area (Å²) in [5.41, 5.74) is 3.41. The van der Waals surface area contributed by atoms with E-state index in [1.165, 1.54) is 31.2 Å². The second-order valence-corrected chi connectivity index (χ2v) is 7.14. The number of halogens is 1. The molecule has 0 aliphatic heterocycles. The van der Waals surface area contributed by atoms with Crippen molar-refractivity contribution in [1.82, 2.24) is 5.32 Å². The molecular formula is C21H26ClNO2. The van der Waals surface area contributed by atoms with Crippen LogP contribution < -0.4 is 14.8 Å². The van der Waals surface area contributed by atoms with Crippen LogP contribution in [0.1, 0.15) is 42.4 Å². The minimum absolute atomic E-state index is 0.493. The van der Waals surface area contributed by atoms with Gasteiger partial charge in [-0.3, -0.25) is 0 Å². The number of hydrogen-bond acceptors (Lipinski definition) is 3. The second kappa shape index (κ2) is 8.59. The van der Waals surface area contributed by atoms with E-state index in [2.05, 4.69) is 36.5 Å². The van der Waals surface area contributed by atoms with Crippen molar-refractivity contribution in [2.45, 2.75) is 51.8 Å². The van der Waals surface area contributed by atoms with E-state index in [9.17, 15) is 0 Å². The third kappa shape index (κ3) is 4.90. The van der Waals surface area contributed by atoms with Crippen LogP contribution in [0.5, 0.6) is 11.5 Å². The minimum Gasteiger partial charge on any atom is -0.493 e. The Balaban J connectivity index is 1.66. The van der Waals surface area contributed by atoms with Gasteiger partial charge in [0.1, 0.15) is 6.61 Å². The Labute approximate surface area is 155 Å². The van der Waals surface area contributed by atoms with Crippen LogP contribution in [0.2, 0.25) is 5.02 Å². The average Bonchev–Trinajstić information content (AvgIpc) is 3.14. The molecule has 3 nitrogen and oxygen atoms in total. The lowest BCUT2D eigenvalue weighted by Gasteiger charge is -2.16. The Hall–Kier alpha value is -1.71. The van der Waals surface area contributed by atoms with Gasteiger partial charge < -0.3 is 14.8 Å². The molecule has 2 aromatic rings. The fraction of sp³-hybridized carbons (Fsp3) is 0.429. The number of ether oxygens (including phenoxy) is 2. The number of nitrogens with one attached hydrogen (secondary N) is 1. The molecule has 0 aromatic heterocycles. The second-order valence-electron chi connectivity index (χ2n) is 6.73. The molecule has 0 heterocycles. The lowest BCUT2D eigenvalue weighted by atomic mass is 10.1. The van der Waals surface area contributed by atoms with E-state index in [0.717, 1.165) is 23.4 Å². The fourth-order valence-corrected chi connectivity index (χ4v) is 3.44. The molecule has 0 spiro atoms. The van der Waals surface area contributed by atoms with Crippen molar-refractivity contribution in [3.05, 3.63) is 58.1 Å². The summed E-state index contributed by atoms with van der Waals surface area (Å²) in [6.45, 7) is 3.33. The Morgan fingerprint density at radius 1 is 1.08 bits per heavy atom. The first kappa shape index (κ1) is 18.1. The van der Waals surface area contributed by atoms with E-state index < -0.39 is 0 Å². The summed E-state index contributed by atoms with van der Waals surface area (Å²) in [5.74, 6) is 1.40. The highest BCUT2D eigenvalue weighted by molar-refractivity contribution is 6.31. The average molecular weight is 360 g/mol. The molecule has 1 aliphatic carbocycles. The van der Waals surface area contributed by atoms with Gasteiger partial charge in [-0.05, 0) is 37.0 Å². The highest BCUT2D eigenvalue weighted by Gasteiger charge is 2.16. The number of rotatable bonds is 7. The van der Waals surface area contributed by atoms with Crippen molar-refractivity contribution in [3.8, 4) is 11.5 Å². The van der Waals surface area contributed by atoms with Crippen molar-refractivity contribution in [2.24, 2.45) is 0 Å². The highest BCUT2D eigenvalue weighted by atomic mass is 35.5. The monoisotopic (exact) mass is 359 g/mol. The summed E-state index contributed by atoms with van der Waals surface area (Å²) in [6, 6.07) is 12.8. The summed E-state index contributed by atoms with van der Waals surface area (Å²) >= 11 is 6.47. The maximum Gasteiger partial charge on any atom is 0.163 e. The predicted octanol–water partition coefficient (Wildman–Crippen LogP) is 5.27. The molecule has 25 heavy (non-hydrogen) atoms. The molecule has 1 saturated carbocycles. The first-order chi connectivity index (χ1) is 12.2. The van der Waals surface area contributed by atoms with E-state index >= 15 is 0 Å². The molecule has 0 atom stereocenters. The van der Waals surface area contributed by atoms with Gasteiger partial charge in [0, 0.05) is 23.7 Å². The van der Waals surface area contributed by atoms with Crippen LogP contribution in [0.3, 0.4) is 0 Å². The lowest BCUT2D eigenvalue weighted by Crippen LogP contribution is -2.25. The normalized spacial score (nSPS) is 14.7. The molecule has 134 valence electrons. The van der Waals surface area contributed by atoms with Crippen LogP contribution in [0.25, 0.3) is 0 Å². The molecule has 4 heteroatoms. The molecule has 0 bridgehead atoms. The molecule has 0 radical (unpaired) electrons. The molecule has 3 rings (SSSR count). The summed E-state index contributed by atoms with van der Waals surface area (Å²) in [6.07, 6.45) is 5.15. The van der Waals surface area contributed by atoms with E-state index in [1.807, 2.05) is 12.1 Å². The standard InChI is InChI=1S/C21H26ClNO2/c1-15-7-9-16(10-8-15)14-25-21-12-19(22)17(11-20(21)24-2)13-23-18-5-3-4-6-18/h7-12,18,23H,3-6,13-14H2,1-2H3. The third-order valence-corrected chi connectivity index (χ3v) is 5.14. The van der Waals surface area contributed by atoms with E-state index in [0.29, 0.717) is 23.4 Å². The van der Waals surface area contributed by atoms with Gasteiger partial charge in [0.15, 0.2) is 11.5 Å². The Morgan fingerprint density at radius 3 is 2.48 bits per heavy atom. The van der Waals surface area contributed by atoms with E-state index in [1.54, 1.807) is 7.11 Å². The van der Waals surface area contributed by atoms with Gasteiger partial charge in [-0.2, -0.15) is 0 Å². The molecule has 1 aliphatic rings. The summed E-state index contributed by atoms with van der Waals surface area (Å²) < 4.78 is 11.4. The van der Waals surface area contributed by atoms with Crippen molar-refractivity contribution in [1.29, 1.82) is 0 Å². The Morgan fingerprint density at radius 2 is 1.80 bits per heavy atom. The Bertz CT molecular complexity index is 694. The molecule has 2 aromatic carbocycles. The van der Waals surface area contributed by atoms with Gasteiger partial charge in [0.2, 0.25) is 0 Å². The van der Waals surface area contributed by atoms with Crippen LogP contribution in [-0.4, -0.2) is 13.2 Å². The minimum atomic E-state index is 0.493. The van der Waals surface area contributed by atoms with Crippen LogP contribution in [0.4, 0.5) is 0 Å². The quantitative estimate of drug-likeness (QED) is 0.730. The largest absolute Gasteiger partial charge is 0.493 e. The van der Waals surface area contributed by atoms with Crippen LogP contribution in [-0.2, 0) is 13.2 Å². The maximum atomic E-state index is 6.47. The zero-order valence-corrected chi connectivity index (χ0v) is 15.7. The van der Waals surface area contributed by atoms with Gasteiger partial charge in [-0.15, -0.1) is 0 Å². The van der Waals surface area contributed by atoms with Crippen molar-refractivity contribution in [3.63, 3.8) is 0 Å². The molecule has 0 unspecified atom stereocenters. The fourth-order valence-electron chi connectivity index (χ4n) is 3.21. The Kier molecular flexibility index (Phi) is 6.22. The number of aryl methyl sites for hydroxylation is 1. The predicted molar refractivity (Wildman–Crippen MR) is 103 cm³/mol. The topological polar surface area (TPSA) is 30.5 Å². The summed E-state index contributed by atoms with van der Waals surface area (Å²) in [5, 5.41) is 4.30. The smallest absolute Gasteiger partial charge is 0.163 e. The summed E-state index contributed by atoms with van der Waals surface area (Å²) in [7, 11) is 1.66. The number of hydrogen-bond donors (Lipinski definition) is 1. The van der Waals surface area contributed by atoms with Crippen LogP contribution >= 0.6 is 11.6 Å². The van der Waals surface area contributed by atoms with Gasteiger partial charge in [-0.1, -0.05) is 54.3 Å². The van der Waals surface area contributed by atoms with E-state index in [4.69, 9.17) is 21.1 Å². The molecule has 0 amide bonds. The molecule has 1 N–H and O–H groups in total. The van der Waals surface area contributed by atoms with Gasteiger partial charge >= 0.3 is 0 Å². The van der Waals surface area contributed by atoms with Crippen LogP contribution in [0.15, 0.2) is 36.4 Å². The maximum absolute atomic E-state index is 6.47. The third-order valence-electron chi connectivity index (χ3n) is 4.78. The van der Waals surface area contributed by atoms with Crippen molar-refractivity contribution >= 4 is 11.6 Å². The van der Waals surface area contributed by atoms with Gasteiger partial charge in [0.05, 0.1) is 7.11 Å². The summed E-state index contributed by atoms with van der Waals surface area (Å²) in [4.78, 5) is 0. The first-order valence-electron chi connectivity index (χ1n) is 8.94. The first-order valence-corrected chi connectivity index (χ1v) is 9.31. The van der Waals surface area contributed by atoms with Gasteiger partial charge in [-0.25, -0.2) is 0 Å². The van der Waals surface area contributed by atoms with Gasteiger partial charge in [0.25, 0.3) is 0 Å². The van der Waals surface area contributed by atoms with Crippen molar-refractivity contribution in [2.75, 3.05) is 7.11 Å². The zero-order chi connectivity index (χ0) is 17.6. The molecular weight excluding hydrogens is 334 g/mol. The SMILES string of the molecule is COc1cc(CNC2CCCC2)c(Cl)cc1OCc1ccc(C)cc1. The number of methoxy groups -OCH3 is 1. The highest BCUT2D eigenvalue weighted by Crippen LogP contribution is 2.34. The molecule has 1 fully saturated rings. The molecule has 0 saturated heterocycles. The van der Waals surface area contributed by atoms with E-state index in [-0.39, 0.29) is 0 Å². The number of benzene rings is 2. The van der Waals surface area contributed by atoms with Crippen molar-refractivity contribution < 1.29 is 9.47 Å². The zero-order valence-electron chi connectivity index (χ0n) is 15.0. The lowest BCUT2D eigenvalue weighted by molar-refractivity contribution is 0.284.